The van der Waals surface area contributed by atoms with Crippen molar-refractivity contribution in [3.8, 4) is 5.75 Å². The van der Waals surface area contributed by atoms with Crippen molar-refractivity contribution in [2.24, 2.45) is 0 Å². The molecule has 0 N–H and O–H groups in total. The number of carboxylic acids is 1. The average Bonchev–Trinajstić information content (AvgIpc) is 3.27. The van der Waals surface area contributed by atoms with Gasteiger partial charge in [0, 0.05) is 23.1 Å². The molecular weight excluding hydrogens is 435 g/mol. The van der Waals surface area contributed by atoms with Crippen molar-refractivity contribution in [2.75, 3.05) is 7.11 Å². The summed E-state index contributed by atoms with van der Waals surface area (Å²) in [6, 6.07) is 20.7. The molecule has 1 aromatic heterocycles. The molecule has 0 fully saturated rings. The molecule has 0 aliphatic heterocycles. The molecule has 0 aliphatic rings. The summed E-state index contributed by atoms with van der Waals surface area (Å²) in [6.45, 7) is 0. The van der Waals surface area contributed by atoms with Crippen molar-refractivity contribution in [3.63, 3.8) is 0 Å². The van der Waals surface area contributed by atoms with Gasteiger partial charge >= 0.3 is 29.6 Å². The van der Waals surface area contributed by atoms with Crippen LogP contribution in [0.3, 0.4) is 0 Å². The summed E-state index contributed by atoms with van der Waals surface area (Å²) >= 11 is 1.04. The molecule has 154 valence electrons. The molecule has 0 radical (unpaired) electrons. The minimum Gasteiger partial charge on any atom is -0.545 e. The third-order valence-electron chi connectivity index (χ3n) is 4.87. The van der Waals surface area contributed by atoms with Crippen LogP contribution in [-0.2, 0) is 11.2 Å². The van der Waals surface area contributed by atoms with Gasteiger partial charge in [-0.25, -0.2) is 0 Å². The molecular formula is C24H17N2NaO4S. The predicted octanol–water partition coefficient (Wildman–Crippen LogP) is 0.333. The van der Waals surface area contributed by atoms with Gasteiger partial charge in [-0.2, -0.15) is 8.75 Å². The zero-order valence-corrected chi connectivity index (χ0v) is 20.4. The van der Waals surface area contributed by atoms with Crippen LogP contribution in [0.4, 0.5) is 0 Å². The zero-order chi connectivity index (χ0) is 21.8. The zero-order valence-electron chi connectivity index (χ0n) is 17.6. The van der Waals surface area contributed by atoms with Crippen molar-refractivity contribution < 1.29 is 49.0 Å². The second-order valence-electron chi connectivity index (χ2n) is 6.83. The number of hydrogen-bond acceptors (Lipinski definition) is 7. The number of allylic oxidation sites excluding steroid dienone is 1. The summed E-state index contributed by atoms with van der Waals surface area (Å²) in [5.41, 5.74) is 2.68. The molecule has 0 bridgehead atoms. The molecule has 0 aliphatic carbocycles. The van der Waals surface area contributed by atoms with Crippen molar-refractivity contribution in [2.45, 2.75) is 6.42 Å². The van der Waals surface area contributed by atoms with Gasteiger partial charge in [-0.05, 0) is 35.4 Å². The predicted molar refractivity (Wildman–Crippen MR) is 117 cm³/mol. The number of rotatable bonds is 7. The fraction of sp³-hybridized carbons (Fsp3) is 0.0833. The minimum absolute atomic E-state index is 0. The van der Waals surface area contributed by atoms with E-state index in [1.165, 1.54) is 0 Å². The molecule has 0 atom stereocenters. The van der Waals surface area contributed by atoms with Crippen LogP contribution in [0.15, 0.2) is 78.4 Å². The van der Waals surface area contributed by atoms with Gasteiger partial charge in [0.05, 0.1) is 24.8 Å². The summed E-state index contributed by atoms with van der Waals surface area (Å²) in [5, 5.41) is 12.3. The molecule has 32 heavy (non-hydrogen) atoms. The van der Waals surface area contributed by atoms with Crippen LogP contribution >= 0.6 is 11.7 Å². The molecule has 1 heterocycles. The van der Waals surface area contributed by atoms with Crippen LogP contribution in [0.5, 0.6) is 5.75 Å². The molecule has 0 spiro atoms. The number of nitrogens with zero attached hydrogens (tertiary/aromatic N) is 2. The number of ketones is 1. The largest absolute Gasteiger partial charge is 1.00 e. The third kappa shape index (κ3) is 5.14. The Morgan fingerprint density at radius 3 is 2.38 bits per heavy atom. The molecule has 6 nitrogen and oxygen atoms in total. The summed E-state index contributed by atoms with van der Waals surface area (Å²) in [4.78, 5) is 25.7. The van der Waals surface area contributed by atoms with E-state index in [4.69, 9.17) is 4.74 Å². The Hall–Kier alpha value is -2.84. The van der Waals surface area contributed by atoms with Gasteiger partial charge < -0.3 is 14.6 Å². The Balaban J connectivity index is 0.00000289. The first-order valence-electron chi connectivity index (χ1n) is 9.46. The van der Waals surface area contributed by atoms with E-state index in [2.05, 4.69) is 8.75 Å². The van der Waals surface area contributed by atoms with E-state index >= 15 is 0 Å². The summed E-state index contributed by atoms with van der Waals surface area (Å²) in [7, 11) is 1.55. The molecule has 8 heteroatoms. The number of fused-ring (bicyclic) bond motifs is 1. The molecule has 0 saturated carbocycles. The maximum absolute atomic E-state index is 13.4. The Labute approximate surface area is 211 Å². The van der Waals surface area contributed by atoms with Crippen LogP contribution in [0.25, 0.3) is 16.6 Å². The van der Waals surface area contributed by atoms with Gasteiger partial charge in [0.2, 0.25) is 0 Å². The van der Waals surface area contributed by atoms with Gasteiger partial charge in [0.1, 0.15) is 16.8 Å². The number of carbonyl (C=O) groups is 2. The quantitative estimate of drug-likeness (QED) is 0.228. The first-order chi connectivity index (χ1) is 15.1. The Kier molecular flexibility index (Phi) is 7.93. The Morgan fingerprint density at radius 2 is 1.66 bits per heavy atom. The smallest absolute Gasteiger partial charge is 0.545 e. The fourth-order valence-electron chi connectivity index (χ4n) is 3.39. The number of carboxylic acid groups (broad SMARTS) is 1. The van der Waals surface area contributed by atoms with Crippen molar-refractivity contribution >= 4 is 40.1 Å². The van der Waals surface area contributed by atoms with Crippen LogP contribution in [0, 0.1) is 0 Å². The maximum Gasteiger partial charge on any atom is 1.00 e. The van der Waals surface area contributed by atoms with E-state index < -0.39 is 5.97 Å². The number of benzene rings is 3. The van der Waals surface area contributed by atoms with Crippen LogP contribution in [0.2, 0.25) is 0 Å². The summed E-state index contributed by atoms with van der Waals surface area (Å²) in [5.74, 6) is -1.18. The molecule has 0 amide bonds. The second kappa shape index (κ2) is 10.7. The average molecular weight is 452 g/mol. The van der Waals surface area contributed by atoms with Gasteiger partial charge in [0.25, 0.3) is 0 Å². The number of ether oxygens (including phenoxy) is 1. The van der Waals surface area contributed by atoms with Gasteiger partial charge in [0.15, 0.2) is 5.78 Å². The number of hydrogen-bond donors (Lipinski definition) is 0. The Bertz CT molecular complexity index is 1300. The number of Topliss-reactive ketones (excluding diaryl/α,β-unsaturated/α-hetero) is 1. The van der Waals surface area contributed by atoms with Gasteiger partial charge in [-0.1, -0.05) is 48.5 Å². The van der Waals surface area contributed by atoms with Crippen molar-refractivity contribution in [3.05, 3.63) is 95.1 Å². The first kappa shape index (κ1) is 23.8. The second-order valence-corrected chi connectivity index (χ2v) is 7.36. The van der Waals surface area contributed by atoms with E-state index in [-0.39, 0.29) is 52.9 Å². The van der Waals surface area contributed by atoms with E-state index in [0.29, 0.717) is 27.9 Å². The number of methoxy groups -OCH3 is 1. The maximum atomic E-state index is 13.4. The number of carbonyl (C=O) groups excluding carboxylic acids is 2. The van der Waals surface area contributed by atoms with E-state index in [1.807, 2.05) is 6.07 Å². The topological polar surface area (TPSA) is 92.2 Å². The molecule has 0 saturated heterocycles. The van der Waals surface area contributed by atoms with E-state index in [0.717, 1.165) is 17.3 Å². The van der Waals surface area contributed by atoms with E-state index in [9.17, 15) is 14.7 Å². The monoisotopic (exact) mass is 452 g/mol. The van der Waals surface area contributed by atoms with Crippen LogP contribution in [-0.4, -0.2) is 27.6 Å². The first-order valence-corrected chi connectivity index (χ1v) is 10.2. The molecule has 4 aromatic rings. The normalized spacial score (nSPS) is 11.4. The molecule has 4 rings (SSSR count). The number of aliphatic carboxylic acids is 1. The fourth-order valence-corrected chi connectivity index (χ4v) is 3.90. The van der Waals surface area contributed by atoms with Crippen LogP contribution in [0.1, 0.15) is 21.5 Å². The van der Waals surface area contributed by atoms with Crippen LogP contribution < -0.4 is 39.4 Å². The summed E-state index contributed by atoms with van der Waals surface area (Å²) < 4.78 is 13.6. The summed E-state index contributed by atoms with van der Waals surface area (Å²) in [6.07, 6.45) is 0.0988. The third-order valence-corrected chi connectivity index (χ3v) is 5.43. The van der Waals surface area contributed by atoms with Crippen molar-refractivity contribution in [1.29, 1.82) is 0 Å². The standard InChI is InChI=1S/C24H18N2O4S.Na/c1-30-18-9-5-6-15(12-18)13-19(23(27)16-7-3-2-4-8-16)22(24(28)29)17-10-11-20-21(14-17)26-31-25-20;/h2-12,14H,13H2,1H3,(H,28,29);/q;+1/p-1. The van der Waals surface area contributed by atoms with E-state index in [1.54, 1.807) is 73.8 Å². The number of aromatic nitrogens is 2. The SMILES string of the molecule is COc1cccc(CC(C(=O)c2ccccc2)=C(C(=O)[O-])c2ccc3nsnc3c2)c1.[Na+]. The van der Waals surface area contributed by atoms with Gasteiger partial charge in [-0.15, -0.1) is 0 Å². The van der Waals surface area contributed by atoms with Crippen molar-refractivity contribution in [1.82, 2.24) is 8.75 Å². The Morgan fingerprint density at radius 1 is 0.906 bits per heavy atom. The van der Waals surface area contributed by atoms with Gasteiger partial charge in [-0.3, -0.25) is 4.79 Å². The molecule has 0 unspecified atom stereocenters. The molecule has 3 aromatic carbocycles. The minimum atomic E-state index is -1.43.